The van der Waals surface area contributed by atoms with Crippen molar-refractivity contribution in [1.82, 2.24) is 0 Å². The third-order valence-corrected chi connectivity index (χ3v) is 4.89. The molecule has 130 valence electrons. The average molecular weight is 337 g/mol. The van der Waals surface area contributed by atoms with Crippen molar-refractivity contribution < 1.29 is 9.90 Å². The Kier molecular flexibility index (Phi) is 7.62. The van der Waals surface area contributed by atoms with Crippen molar-refractivity contribution in [2.45, 2.75) is 46.3 Å². The smallest absolute Gasteiger partial charge is 0.323 e. The molecule has 5 heteroatoms. The van der Waals surface area contributed by atoms with E-state index in [9.17, 15) is 9.90 Å². The number of benzene rings is 1. The molecule has 0 saturated carbocycles. The molecular formula is C18H32N2O2Si. The largest absolute Gasteiger partial charge is 0.480 e. The zero-order valence-electron chi connectivity index (χ0n) is 15.3. The van der Waals surface area contributed by atoms with E-state index in [1.807, 2.05) is 4.90 Å². The first-order valence-corrected chi connectivity index (χ1v) is 12.3. The van der Waals surface area contributed by atoms with E-state index in [1.165, 1.54) is 5.69 Å². The second-order valence-corrected chi connectivity index (χ2v) is 12.8. The molecular weight excluding hydrogens is 304 g/mol. The summed E-state index contributed by atoms with van der Waals surface area (Å²) in [5.74, 6) is -0.772. The van der Waals surface area contributed by atoms with E-state index in [-0.39, 0.29) is 6.54 Å². The SMILES string of the molecule is CCCN(CCC)c1ccc(N(CC(=O)O)C[Si](C)(C)C)cc1. The maximum absolute atomic E-state index is 11.2. The van der Waals surface area contributed by atoms with Gasteiger partial charge in [-0.2, -0.15) is 0 Å². The van der Waals surface area contributed by atoms with Gasteiger partial charge >= 0.3 is 5.97 Å². The quantitative estimate of drug-likeness (QED) is 0.654. The molecule has 1 N–H and O–H groups in total. The Morgan fingerprint density at radius 2 is 1.39 bits per heavy atom. The number of carbonyl (C=O) groups is 1. The van der Waals surface area contributed by atoms with Gasteiger partial charge in [0.05, 0.1) is 8.07 Å². The molecule has 0 spiro atoms. The molecule has 0 saturated heterocycles. The second-order valence-electron chi connectivity index (χ2n) is 7.31. The molecule has 0 aliphatic carbocycles. The van der Waals surface area contributed by atoms with Gasteiger partial charge in [0.2, 0.25) is 0 Å². The number of carboxylic acid groups (broad SMARTS) is 1. The highest BCUT2D eigenvalue weighted by Gasteiger charge is 2.21. The van der Waals surface area contributed by atoms with Gasteiger partial charge in [-0.1, -0.05) is 33.5 Å². The molecule has 1 rings (SSSR count). The summed E-state index contributed by atoms with van der Waals surface area (Å²) in [7, 11) is -1.38. The predicted molar refractivity (Wildman–Crippen MR) is 102 cm³/mol. The topological polar surface area (TPSA) is 43.8 Å². The number of hydrogen-bond acceptors (Lipinski definition) is 3. The minimum atomic E-state index is -1.38. The molecule has 0 bridgehead atoms. The monoisotopic (exact) mass is 336 g/mol. The van der Waals surface area contributed by atoms with Crippen molar-refractivity contribution in [3.05, 3.63) is 24.3 Å². The fourth-order valence-electron chi connectivity index (χ4n) is 2.76. The minimum Gasteiger partial charge on any atom is -0.480 e. The van der Waals surface area contributed by atoms with Gasteiger partial charge in [-0.15, -0.1) is 0 Å². The number of carboxylic acids is 1. The van der Waals surface area contributed by atoms with Crippen LogP contribution in [-0.2, 0) is 4.79 Å². The van der Waals surface area contributed by atoms with Crippen LogP contribution in [0.5, 0.6) is 0 Å². The maximum atomic E-state index is 11.2. The number of hydrogen-bond donors (Lipinski definition) is 1. The van der Waals surface area contributed by atoms with E-state index >= 15 is 0 Å². The molecule has 1 aromatic carbocycles. The lowest BCUT2D eigenvalue weighted by Gasteiger charge is -2.30. The molecule has 0 atom stereocenters. The van der Waals surface area contributed by atoms with Gasteiger partial charge in [0.1, 0.15) is 6.54 Å². The van der Waals surface area contributed by atoms with Crippen LogP contribution in [0, 0.1) is 0 Å². The Morgan fingerprint density at radius 1 is 0.957 bits per heavy atom. The first-order chi connectivity index (χ1) is 10.8. The zero-order chi connectivity index (χ0) is 17.5. The summed E-state index contributed by atoms with van der Waals surface area (Å²) >= 11 is 0. The molecule has 0 aromatic heterocycles. The Hall–Kier alpha value is -1.49. The summed E-state index contributed by atoms with van der Waals surface area (Å²) in [5, 5.41) is 9.19. The number of aliphatic carboxylic acids is 1. The fourth-order valence-corrected chi connectivity index (χ4v) is 4.20. The highest BCUT2D eigenvalue weighted by molar-refractivity contribution is 6.76. The Balaban J connectivity index is 2.94. The van der Waals surface area contributed by atoms with Crippen LogP contribution in [0.25, 0.3) is 0 Å². The molecule has 0 aliphatic heterocycles. The lowest BCUT2D eigenvalue weighted by Crippen LogP contribution is -2.42. The van der Waals surface area contributed by atoms with Crippen LogP contribution in [0.2, 0.25) is 19.6 Å². The van der Waals surface area contributed by atoms with Gasteiger partial charge in [0.25, 0.3) is 0 Å². The van der Waals surface area contributed by atoms with Crippen molar-refractivity contribution in [2.24, 2.45) is 0 Å². The third-order valence-electron chi connectivity index (χ3n) is 3.56. The van der Waals surface area contributed by atoms with Crippen molar-refractivity contribution in [2.75, 3.05) is 35.6 Å². The van der Waals surface area contributed by atoms with Crippen LogP contribution in [0.1, 0.15) is 26.7 Å². The summed E-state index contributed by atoms with van der Waals surface area (Å²) in [6.45, 7) is 13.4. The minimum absolute atomic E-state index is 0.0667. The summed E-state index contributed by atoms with van der Waals surface area (Å²) in [4.78, 5) is 15.6. The van der Waals surface area contributed by atoms with Crippen molar-refractivity contribution in [1.29, 1.82) is 0 Å². The number of anilines is 2. The molecule has 4 nitrogen and oxygen atoms in total. The normalized spacial score (nSPS) is 11.3. The van der Waals surface area contributed by atoms with Crippen LogP contribution in [-0.4, -0.2) is 45.0 Å². The van der Waals surface area contributed by atoms with Gasteiger partial charge in [0, 0.05) is 30.6 Å². The number of rotatable bonds is 10. The average Bonchev–Trinajstić information content (AvgIpc) is 2.44. The summed E-state index contributed by atoms with van der Waals surface area (Å²) in [5.41, 5.74) is 2.23. The van der Waals surface area contributed by atoms with Gasteiger partial charge < -0.3 is 14.9 Å². The van der Waals surface area contributed by atoms with E-state index in [0.717, 1.165) is 37.8 Å². The van der Waals surface area contributed by atoms with Crippen LogP contribution < -0.4 is 9.80 Å². The van der Waals surface area contributed by atoms with E-state index in [0.29, 0.717) is 0 Å². The van der Waals surface area contributed by atoms with E-state index in [2.05, 4.69) is 62.7 Å². The molecule has 0 heterocycles. The van der Waals surface area contributed by atoms with Gasteiger partial charge in [-0.25, -0.2) is 0 Å². The van der Waals surface area contributed by atoms with Gasteiger partial charge in [0.15, 0.2) is 0 Å². The Labute approximate surface area is 142 Å². The van der Waals surface area contributed by atoms with Gasteiger partial charge in [-0.3, -0.25) is 4.79 Å². The first-order valence-electron chi connectivity index (χ1n) is 8.58. The lowest BCUT2D eigenvalue weighted by molar-refractivity contribution is -0.135. The molecule has 0 unspecified atom stereocenters. The Morgan fingerprint density at radius 3 is 1.74 bits per heavy atom. The summed E-state index contributed by atoms with van der Waals surface area (Å²) in [6.07, 6.45) is 3.11. The summed E-state index contributed by atoms with van der Waals surface area (Å²) in [6, 6.07) is 8.38. The Bertz CT molecular complexity index is 477. The molecule has 1 aromatic rings. The van der Waals surface area contributed by atoms with Crippen molar-refractivity contribution >= 4 is 25.4 Å². The summed E-state index contributed by atoms with van der Waals surface area (Å²) < 4.78 is 0. The standard InChI is InChI=1S/C18H32N2O2Si/c1-6-12-19(13-7-2)16-8-10-17(11-9-16)20(14-18(21)22)15-23(3,4)5/h8-11H,6-7,12-15H2,1-5H3,(H,21,22). The molecule has 0 radical (unpaired) electrons. The third kappa shape index (κ3) is 7.08. The van der Waals surface area contributed by atoms with E-state index < -0.39 is 14.0 Å². The van der Waals surface area contributed by atoms with Crippen molar-refractivity contribution in [3.63, 3.8) is 0 Å². The van der Waals surface area contributed by atoms with E-state index in [4.69, 9.17) is 0 Å². The fraction of sp³-hybridized carbons (Fsp3) is 0.611. The van der Waals surface area contributed by atoms with E-state index in [1.54, 1.807) is 0 Å². The highest BCUT2D eigenvalue weighted by atomic mass is 28.3. The van der Waals surface area contributed by atoms with Crippen LogP contribution in [0.3, 0.4) is 0 Å². The predicted octanol–water partition coefficient (Wildman–Crippen LogP) is 4.08. The number of nitrogens with zero attached hydrogens (tertiary/aromatic N) is 2. The van der Waals surface area contributed by atoms with Crippen LogP contribution in [0.4, 0.5) is 11.4 Å². The zero-order valence-corrected chi connectivity index (χ0v) is 16.3. The maximum Gasteiger partial charge on any atom is 0.323 e. The lowest BCUT2D eigenvalue weighted by atomic mass is 10.2. The molecule has 0 aliphatic rings. The molecule has 23 heavy (non-hydrogen) atoms. The molecule has 0 amide bonds. The van der Waals surface area contributed by atoms with Crippen LogP contribution >= 0.6 is 0 Å². The second kappa shape index (κ2) is 8.96. The highest BCUT2D eigenvalue weighted by Crippen LogP contribution is 2.22. The van der Waals surface area contributed by atoms with Crippen molar-refractivity contribution in [3.8, 4) is 0 Å². The van der Waals surface area contributed by atoms with Crippen LogP contribution in [0.15, 0.2) is 24.3 Å². The first kappa shape index (κ1) is 19.6. The molecule has 0 fully saturated rings. The van der Waals surface area contributed by atoms with Gasteiger partial charge in [-0.05, 0) is 37.1 Å².